The molecule has 7 aromatic carbocycles. The molecule has 5 heterocycles. The largest absolute Gasteiger partial charge is 0.377 e. The van der Waals surface area contributed by atoms with Crippen LogP contribution in [0, 0.1) is 0 Å². The molecule has 0 amide bonds. The SMILES string of the molecule is CC(C)(C)c1ccc2c(c1)B1c3cc(C(C)(C)C)ccc3-c3ccc4c5c3N1c1c(cc(C(C)(C)C)cc1-2)B5c1sc2ccccc2c1N4c1cccc2ccccc12. The first kappa shape index (κ1) is 35.4. The van der Waals surface area contributed by atoms with Gasteiger partial charge in [-0.3, -0.25) is 0 Å². The fourth-order valence-electron chi connectivity index (χ4n) is 10.8. The molecule has 8 aromatic rings. The van der Waals surface area contributed by atoms with Gasteiger partial charge in [0, 0.05) is 48.4 Å². The zero-order valence-corrected chi connectivity index (χ0v) is 36.4. The average molecular weight is 779 g/mol. The number of anilines is 5. The van der Waals surface area contributed by atoms with Gasteiger partial charge < -0.3 is 9.71 Å². The number of benzene rings is 7. The van der Waals surface area contributed by atoms with Crippen molar-refractivity contribution in [3.63, 3.8) is 0 Å². The van der Waals surface area contributed by atoms with Crippen molar-refractivity contribution in [2.45, 2.75) is 78.6 Å². The van der Waals surface area contributed by atoms with Crippen LogP contribution in [-0.2, 0) is 16.2 Å². The molecule has 4 aliphatic rings. The number of hydrogen-bond acceptors (Lipinski definition) is 3. The van der Waals surface area contributed by atoms with Crippen molar-refractivity contribution in [1.82, 2.24) is 0 Å². The Bertz CT molecular complexity index is 3150. The molecule has 0 unspecified atom stereocenters. The van der Waals surface area contributed by atoms with Gasteiger partial charge in [0.1, 0.15) is 0 Å². The van der Waals surface area contributed by atoms with Crippen molar-refractivity contribution in [3.05, 3.63) is 144 Å². The first-order chi connectivity index (χ1) is 28.2. The Hall–Kier alpha value is -5.51. The Morgan fingerprint density at radius 3 is 1.75 bits per heavy atom. The van der Waals surface area contributed by atoms with Crippen LogP contribution in [0.4, 0.5) is 28.4 Å². The van der Waals surface area contributed by atoms with Gasteiger partial charge in [0.25, 0.3) is 6.71 Å². The summed E-state index contributed by atoms with van der Waals surface area (Å²) in [6.07, 6.45) is 0. The normalized spacial score (nSPS) is 14.7. The van der Waals surface area contributed by atoms with Crippen molar-refractivity contribution in [2.75, 3.05) is 9.71 Å². The number of fused-ring (bicyclic) bond motifs is 12. The van der Waals surface area contributed by atoms with Crippen LogP contribution >= 0.6 is 11.3 Å². The summed E-state index contributed by atoms with van der Waals surface area (Å²) < 4.78 is 2.78. The monoisotopic (exact) mass is 778 g/mol. The van der Waals surface area contributed by atoms with E-state index in [-0.39, 0.29) is 29.8 Å². The van der Waals surface area contributed by atoms with Gasteiger partial charge in [0.05, 0.1) is 11.4 Å². The second-order valence-electron chi connectivity index (χ2n) is 20.6. The highest BCUT2D eigenvalue weighted by atomic mass is 32.1. The predicted octanol–water partition coefficient (Wildman–Crippen LogP) is 11.5. The summed E-state index contributed by atoms with van der Waals surface area (Å²) >= 11 is 2.00. The van der Waals surface area contributed by atoms with Gasteiger partial charge in [0.15, 0.2) is 0 Å². The Morgan fingerprint density at radius 1 is 0.458 bits per heavy atom. The summed E-state index contributed by atoms with van der Waals surface area (Å²) in [5.74, 6) is 0. The zero-order valence-electron chi connectivity index (χ0n) is 35.6. The van der Waals surface area contributed by atoms with Gasteiger partial charge >= 0.3 is 6.85 Å². The Balaban J connectivity index is 1.28. The smallest absolute Gasteiger partial charge is 0.329 e. The molecular formula is C54H48B2N2S. The maximum absolute atomic E-state index is 2.82. The highest BCUT2D eigenvalue weighted by Gasteiger charge is 2.53. The van der Waals surface area contributed by atoms with E-state index in [1.165, 1.54) is 115 Å². The second-order valence-corrected chi connectivity index (χ2v) is 21.6. The number of nitrogens with zero attached hydrogens (tertiary/aromatic N) is 2. The van der Waals surface area contributed by atoms with Crippen LogP contribution in [0.25, 0.3) is 43.1 Å². The fraction of sp³-hybridized carbons (Fsp3) is 0.222. The van der Waals surface area contributed by atoms with Crippen LogP contribution < -0.4 is 36.3 Å². The van der Waals surface area contributed by atoms with E-state index in [1.54, 1.807) is 0 Å². The molecule has 0 bridgehead atoms. The van der Waals surface area contributed by atoms with Gasteiger partial charge in [0.2, 0.25) is 0 Å². The average Bonchev–Trinajstić information content (AvgIpc) is 3.59. The van der Waals surface area contributed by atoms with Crippen LogP contribution in [0.1, 0.15) is 79.0 Å². The molecule has 0 aliphatic carbocycles. The summed E-state index contributed by atoms with van der Waals surface area (Å²) in [5, 5.41) is 3.85. The van der Waals surface area contributed by atoms with Gasteiger partial charge in [-0.15, -0.1) is 11.3 Å². The van der Waals surface area contributed by atoms with E-state index in [0.717, 1.165) is 0 Å². The maximum atomic E-state index is 2.82. The molecule has 0 spiro atoms. The molecule has 1 aromatic heterocycles. The number of hydrogen-bond donors (Lipinski definition) is 0. The molecule has 12 rings (SSSR count). The van der Waals surface area contributed by atoms with E-state index in [1.807, 2.05) is 11.3 Å². The lowest BCUT2D eigenvalue weighted by Crippen LogP contribution is -2.69. The van der Waals surface area contributed by atoms with Crippen molar-refractivity contribution in [1.29, 1.82) is 0 Å². The summed E-state index contributed by atoms with van der Waals surface area (Å²) in [5.41, 5.74) is 21.9. The quantitative estimate of drug-likeness (QED) is 0.153. The van der Waals surface area contributed by atoms with E-state index in [0.29, 0.717) is 0 Å². The zero-order chi connectivity index (χ0) is 40.5. The van der Waals surface area contributed by atoms with Crippen molar-refractivity contribution >= 4 is 101 Å². The Kier molecular flexibility index (Phi) is 6.97. The molecule has 0 atom stereocenters. The lowest BCUT2D eigenvalue weighted by molar-refractivity contribution is 0.590. The minimum absolute atomic E-state index is 0.0130. The number of thiophene rings is 1. The predicted molar refractivity (Wildman–Crippen MR) is 259 cm³/mol. The molecule has 4 aliphatic heterocycles. The highest BCUT2D eigenvalue weighted by Crippen LogP contribution is 2.54. The molecule has 0 saturated carbocycles. The first-order valence-electron chi connectivity index (χ1n) is 21.4. The second kappa shape index (κ2) is 11.6. The van der Waals surface area contributed by atoms with Crippen LogP contribution in [-0.4, -0.2) is 13.6 Å². The molecule has 0 fully saturated rings. The molecule has 5 heteroatoms. The van der Waals surface area contributed by atoms with Gasteiger partial charge in [-0.05, 0) is 95.6 Å². The molecule has 286 valence electrons. The van der Waals surface area contributed by atoms with E-state index in [2.05, 4.69) is 199 Å². The Morgan fingerprint density at radius 2 is 1.05 bits per heavy atom. The summed E-state index contributed by atoms with van der Waals surface area (Å²) in [6, 6.07) is 49.8. The van der Waals surface area contributed by atoms with Crippen LogP contribution in [0.3, 0.4) is 0 Å². The molecule has 59 heavy (non-hydrogen) atoms. The molecule has 0 saturated heterocycles. The summed E-state index contributed by atoms with van der Waals surface area (Å²) in [7, 11) is 0. The highest BCUT2D eigenvalue weighted by molar-refractivity contribution is 7.34. The van der Waals surface area contributed by atoms with E-state index in [4.69, 9.17) is 0 Å². The van der Waals surface area contributed by atoms with Gasteiger partial charge in [-0.25, -0.2) is 0 Å². The van der Waals surface area contributed by atoms with Crippen LogP contribution in [0.5, 0.6) is 0 Å². The molecule has 0 radical (unpaired) electrons. The molecule has 0 N–H and O–H groups in total. The maximum Gasteiger partial charge on any atom is 0.329 e. The molecular weight excluding hydrogens is 730 g/mol. The minimum Gasteiger partial charge on any atom is -0.377 e. The fourth-order valence-corrected chi connectivity index (χ4v) is 12.2. The lowest BCUT2D eigenvalue weighted by atomic mass is 9.32. The number of rotatable bonds is 1. The first-order valence-corrected chi connectivity index (χ1v) is 22.2. The summed E-state index contributed by atoms with van der Waals surface area (Å²) in [6.45, 7) is 21.4. The lowest BCUT2D eigenvalue weighted by Gasteiger charge is -2.51. The standard InChI is InChI=1S/C54H48B2N2S/c1-52(2,3)32-21-23-36-38-25-26-45-47-49(38)58-48-40(37-24-22-33(53(4,5)6)29-42(37)56(58)41(36)28-32)27-34(54(7,8)9)30-43(48)55(47)51-50(39-18-12-13-20-46(39)59-51)57(45)44-19-14-16-31-15-10-11-17-35(31)44/h10-30H,1-9H3. The third-order valence-electron chi connectivity index (χ3n) is 13.9. The third kappa shape index (κ3) is 4.77. The van der Waals surface area contributed by atoms with Gasteiger partial charge in [-0.1, -0.05) is 165 Å². The van der Waals surface area contributed by atoms with Crippen LogP contribution in [0.15, 0.2) is 127 Å². The third-order valence-corrected chi connectivity index (χ3v) is 15.1. The van der Waals surface area contributed by atoms with E-state index >= 15 is 0 Å². The minimum atomic E-state index is -0.0401. The summed E-state index contributed by atoms with van der Waals surface area (Å²) in [4.78, 5) is 5.47. The van der Waals surface area contributed by atoms with Crippen molar-refractivity contribution in [3.8, 4) is 22.3 Å². The van der Waals surface area contributed by atoms with Crippen molar-refractivity contribution < 1.29 is 0 Å². The Labute approximate surface area is 353 Å². The van der Waals surface area contributed by atoms with Crippen molar-refractivity contribution in [2.24, 2.45) is 0 Å². The molecule has 2 nitrogen and oxygen atoms in total. The van der Waals surface area contributed by atoms with E-state index in [9.17, 15) is 0 Å². The topological polar surface area (TPSA) is 6.48 Å². The van der Waals surface area contributed by atoms with E-state index < -0.39 is 0 Å². The van der Waals surface area contributed by atoms with Gasteiger partial charge in [-0.2, -0.15) is 0 Å². The van der Waals surface area contributed by atoms with Crippen LogP contribution in [0.2, 0.25) is 0 Å².